The second-order valence-corrected chi connectivity index (χ2v) is 20.7. The quantitative estimate of drug-likeness (QED) is 0.0291. The first-order valence-electron chi connectivity index (χ1n) is 28.5. The molecule has 0 aromatic carbocycles. The van der Waals surface area contributed by atoms with Crippen LogP contribution in [-0.2, 0) is 23.7 Å². The van der Waals surface area contributed by atoms with E-state index in [4.69, 9.17) is 18.9 Å². The van der Waals surface area contributed by atoms with Crippen LogP contribution in [0.1, 0.15) is 232 Å². The number of unbranched alkanes of at least 4 members (excludes halogenated alkanes) is 30. The molecule has 1 unspecified atom stereocenters. The molecule has 16 heteroatoms. The van der Waals surface area contributed by atoms with Crippen LogP contribution in [0.4, 0.5) is 0 Å². The van der Waals surface area contributed by atoms with Gasteiger partial charge < -0.3 is 75.3 Å². The van der Waals surface area contributed by atoms with Crippen molar-refractivity contribution in [3.8, 4) is 0 Å². The highest BCUT2D eigenvalue weighted by molar-refractivity contribution is 5.80. The Morgan fingerprint density at radius 3 is 1.23 bits per heavy atom. The monoisotopic (exact) mass is 1010 g/mol. The van der Waals surface area contributed by atoms with Crippen molar-refractivity contribution < 1.29 is 74.8 Å². The van der Waals surface area contributed by atoms with Gasteiger partial charge in [-0.05, 0) is 12.8 Å². The summed E-state index contributed by atoms with van der Waals surface area (Å²) in [5, 5.41) is 109. The number of carbonyl (C=O) groups is 1. The molecule has 11 N–H and O–H groups in total. The van der Waals surface area contributed by atoms with E-state index in [1.54, 1.807) is 0 Å². The first kappa shape index (κ1) is 65.0. The van der Waals surface area contributed by atoms with Gasteiger partial charge in [-0.1, -0.05) is 219 Å². The molecule has 0 aromatic rings. The topological polar surface area (TPSA) is 268 Å². The number of aliphatic hydroxyl groups excluding tert-OH is 10. The zero-order valence-corrected chi connectivity index (χ0v) is 43.8. The van der Waals surface area contributed by atoms with Crippen molar-refractivity contribution in [2.24, 2.45) is 0 Å². The van der Waals surface area contributed by atoms with E-state index in [1.165, 1.54) is 141 Å². The van der Waals surface area contributed by atoms with E-state index in [0.29, 0.717) is 12.8 Å². The minimum absolute atomic E-state index is 0.193. The third-order valence-corrected chi connectivity index (χ3v) is 14.5. The average molecular weight is 1010 g/mol. The van der Waals surface area contributed by atoms with Gasteiger partial charge in [0.2, 0.25) is 5.91 Å². The van der Waals surface area contributed by atoms with Gasteiger partial charge in [0.1, 0.15) is 61.0 Å². The van der Waals surface area contributed by atoms with Gasteiger partial charge in [-0.15, -0.1) is 0 Å². The molecule has 2 heterocycles. The highest BCUT2D eigenvalue weighted by Gasteiger charge is 2.51. The van der Waals surface area contributed by atoms with E-state index in [1.807, 2.05) is 0 Å². The third-order valence-electron chi connectivity index (χ3n) is 14.5. The van der Waals surface area contributed by atoms with E-state index in [2.05, 4.69) is 19.2 Å². The summed E-state index contributed by atoms with van der Waals surface area (Å²) in [6, 6.07) is -1.31. The third kappa shape index (κ3) is 26.9. The molecule has 1 amide bonds. The maximum absolute atomic E-state index is 13.4. The van der Waals surface area contributed by atoms with Crippen molar-refractivity contribution in [2.75, 3.05) is 19.8 Å². The average Bonchev–Trinajstić information content (AvgIpc) is 3.36. The lowest BCUT2D eigenvalue weighted by Crippen LogP contribution is -2.65. The van der Waals surface area contributed by atoms with E-state index < -0.39 is 111 Å². The van der Waals surface area contributed by atoms with Crippen molar-refractivity contribution in [1.82, 2.24) is 5.32 Å². The van der Waals surface area contributed by atoms with Crippen molar-refractivity contribution in [1.29, 1.82) is 0 Å². The summed E-state index contributed by atoms with van der Waals surface area (Å²) in [7, 11) is 0. The molecule has 416 valence electrons. The molecule has 14 atom stereocenters. The molecular weight excluding hydrogens is 903 g/mol. The predicted octanol–water partition coefficient (Wildman–Crippen LogP) is 6.50. The molecule has 2 saturated heterocycles. The highest BCUT2D eigenvalue weighted by atomic mass is 16.8. The standard InChI is InChI=1S/C54H105NO15/c1-3-5-7-9-11-13-15-17-18-19-20-21-22-24-26-28-30-32-34-36-42(59)52(66)55-40(45(60)41(58)35-33-31-29-27-25-23-16-14-12-10-8-6-4-2)39-67-54-51(49(64)47(62)44(38-57)69-54)70-53-50(65)48(63)46(61)43(37-56)68-53/h40-51,53-54,56-65H,3-39H2,1-2H3,(H,55,66)/t40-,41+,42+,43+,44+,45-,46-,47-,48-,49-,50+,51+,53?,54-/m0/s1. The van der Waals surface area contributed by atoms with E-state index in [9.17, 15) is 55.9 Å². The number of ether oxygens (including phenoxy) is 4. The van der Waals surface area contributed by atoms with Gasteiger partial charge in [0.15, 0.2) is 12.6 Å². The lowest BCUT2D eigenvalue weighted by atomic mass is 9.97. The summed E-state index contributed by atoms with van der Waals surface area (Å²) in [5.41, 5.74) is 0. The Morgan fingerprint density at radius 1 is 0.471 bits per heavy atom. The highest BCUT2D eigenvalue weighted by Crippen LogP contribution is 2.30. The van der Waals surface area contributed by atoms with Crippen LogP contribution in [0.5, 0.6) is 0 Å². The molecule has 0 bridgehead atoms. The number of amides is 1. The van der Waals surface area contributed by atoms with Crippen molar-refractivity contribution in [3.05, 3.63) is 0 Å². The van der Waals surface area contributed by atoms with E-state index in [0.717, 1.165) is 51.4 Å². The molecule has 0 saturated carbocycles. The molecule has 0 aromatic heterocycles. The van der Waals surface area contributed by atoms with Crippen LogP contribution < -0.4 is 5.32 Å². The fourth-order valence-electron chi connectivity index (χ4n) is 9.73. The van der Waals surface area contributed by atoms with Gasteiger partial charge >= 0.3 is 0 Å². The smallest absolute Gasteiger partial charge is 0.249 e. The minimum Gasteiger partial charge on any atom is -0.394 e. The number of hydrogen-bond acceptors (Lipinski definition) is 15. The summed E-state index contributed by atoms with van der Waals surface area (Å²) >= 11 is 0. The number of nitrogens with one attached hydrogen (secondary N) is 1. The summed E-state index contributed by atoms with van der Waals surface area (Å²) in [6.45, 7) is 2.42. The van der Waals surface area contributed by atoms with Gasteiger partial charge in [-0.3, -0.25) is 4.79 Å². The van der Waals surface area contributed by atoms with Gasteiger partial charge in [-0.2, -0.15) is 0 Å². The maximum atomic E-state index is 13.4. The molecule has 70 heavy (non-hydrogen) atoms. The van der Waals surface area contributed by atoms with E-state index in [-0.39, 0.29) is 12.8 Å². The molecule has 0 aliphatic carbocycles. The number of carbonyl (C=O) groups excluding carboxylic acids is 1. The van der Waals surface area contributed by atoms with E-state index >= 15 is 0 Å². The van der Waals surface area contributed by atoms with Crippen LogP contribution in [0.25, 0.3) is 0 Å². The van der Waals surface area contributed by atoms with Gasteiger partial charge in [0.25, 0.3) is 0 Å². The summed E-state index contributed by atoms with van der Waals surface area (Å²) < 4.78 is 22.9. The van der Waals surface area contributed by atoms with Crippen LogP contribution >= 0.6 is 0 Å². The lowest BCUT2D eigenvalue weighted by molar-refractivity contribution is -0.368. The molecule has 2 fully saturated rings. The molecule has 2 rings (SSSR count). The number of aliphatic hydroxyl groups is 10. The normalized spacial score (nSPS) is 26.8. The fraction of sp³-hybridized carbons (Fsp3) is 0.981. The molecular formula is C54H105NO15. The first-order chi connectivity index (χ1) is 33.9. The van der Waals surface area contributed by atoms with Crippen LogP contribution in [0.15, 0.2) is 0 Å². The fourth-order valence-corrected chi connectivity index (χ4v) is 9.73. The largest absolute Gasteiger partial charge is 0.394 e. The first-order valence-corrected chi connectivity index (χ1v) is 28.5. The molecule has 16 nitrogen and oxygen atoms in total. The zero-order valence-electron chi connectivity index (χ0n) is 43.8. The van der Waals surface area contributed by atoms with Crippen molar-refractivity contribution >= 4 is 5.91 Å². The Morgan fingerprint density at radius 2 is 0.829 bits per heavy atom. The second-order valence-electron chi connectivity index (χ2n) is 20.7. The summed E-state index contributed by atoms with van der Waals surface area (Å²) in [4.78, 5) is 13.4. The Hall–Kier alpha value is -1.09. The van der Waals surface area contributed by atoms with Gasteiger partial charge in [0, 0.05) is 0 Å². The second kappa shape index (κ2) is 41.2. The zero-order chi connectivity index (χ0) is 51.4. The molecule has 0 spiro atoms. The van der Waals surface area contributed by atoms with Crippen LogP contribution in [-0.4, -0.2) is 163 Å². The molecule has 2 aliphatic heterocycles. The summed E-state index contributed by atoms with van der Waals surface area (Å²) in [6.07, 6.45) is 17.7. The molecule has 0 radical (unpaired) electrons. The van der Waals surface area contributed by atoms with Crippen molar-refractivity contribution in [3.63, 3.8) is 0 Å². The van der Waals surface area contributed by atoms with Crippen molar-refractivity contribution in [2.45, 2.75) is 318 Å². The lowest BCUT2D eigenvalue weighted by Gasteiger charge is -2.46. The SMILES string of the molecule is CCCCCCCCCCCCCCCCCCCCC[C@@H](O)C(=O)N[C@@H](CO[C@H]1O[C@H](CO)[C@H](O)[C@H](O)[C@H]1OC1O[C@H](CO)[C@H](O)[C@H](O)[C@H]1O)[C@H](O)[C@H](O)CCCCCCCCCCCCCCC. The Labute approximate surface area is 422 Å². The van der Waals surface area contributed by atoms with Crippen LogP contribution in [0, 0.1) is 0 Å². The number of rotatable bonds is 45. The minimum atomic E-state index is -1.87. The molecule has 2 aliphatic rings. The summed E-state index contributed by atoms with van der Waals surface area (Å²) in [5.74, 6) is -0.773. The van der Waals surface area contributed by atoms with Crippen LogP contribution in [0.2, 0.25) is 0 Å². The predicted molar refractivity (Wildman–Crippen MR) is 271 cm³/mol. The maximum Gasteiger partial charge on any atom is 0.249 e. The van der Waals surface area contributed by atoms with Gasteiger partial charge in [-0.25, -0.2) is 0 Å². The van der Waals surface area contributed by atoms with Crippen LogP contribution in [0.3, 0.4) is 0 Å². The van der Waals surface area contributed by atoms with Gasteiger partial charge in [0.05, 0.1) is 32.0 Å². The number of hydrogen-bond donors (Lipinski definition) is 11. The Kier molecular flexibility index (Phi) is 38.3. The Bertz CT molecular complexity index is 1220. The Balaban J connectivity index is 1.90.